The van der Waals surface area contributed by atoms with Crippen molar-refractivity contribution in [2.24, 2.45) is 5.92 Å². The van der Waals surface area contributed by atoms with E-state index >= 15 is 0 Å². The van der Waals surface area contributed by atoms with E-state index in [9.17, 15) is 43.5 Å². The van der Waals surface area contributed by atoms with Crippen molar-refractivity contribution in [1.29, 1.82) is 0 Å². The average Bonchev–Trinajstić information content (AvgIpc) is 3.62. The Kier molecular flexibility index (Phi) is 13.0. The maximum absolute atomic E-state index is 13.1. The zero-order chi connectivity index (χ0) is 30.6. The highest BCUT2D eigenvalue weighted by Gasteiger charge is 2.52. The summed E-state index contributed by atoms with van der Waals surface area (Å²) >= 11 is 0. The Morgan fingerprint density at radius 1 is 0.625 bits per heavy atom. The van der Waals surface area contributed by atoms with Gasteiger partial charge in [0.1, 0.15) is 23.7 Å². The number of rotatable bonds is 19. The second kappa shape index (κ2) is 15.4. The van der Waals surface area contributed by atoms with Crippen LogP contribution in [-0.4, -0.2) is 91.6 Å². The lowest BCUT2D eigenvalue weighted by Crippen LogP contribution is -2.58. The zero-order valence-corrected chi connectivity index (χ0v) is 22.2. The molecule has 0 aromatic rings. The number of aliphatic carboxylic acids is 4. The molecule has 1 rings (SSSR count). The maximum Gasteiger partial charge on any atom is 0.329 e. The van der Waals surface area contributed by atoms with Gasteiger partial charge in [0, 0.05) is 19.3 Å². The summed E-state index contributed by atoms with van der Waals surface area (Å²) in [6.07, 6.45) is -2.50. The Balaban J connectivity index is 3.08. The summed E-state index contributed by atoms with van der Waals surface area (Å²) in [5.74, 6) is -8.82. The van der Waals surface area contributed by atoms with E-state index in [0.29, 0.717) is 0 Å². The number of carboxylic acid groups (broad SMARTS) is 4. The van der Waals surface area contributed by atoms with Crippen LogP contribution in [0.2, 0.25) is 0 Å². The van der Waals surface area contributed by atoms with Gasteiger partial charge in [-0.2, -0.15) is 0 Å². The topological polar surface area (TPSA) is 266 Å². The third kappa shape index (κ3) is 12.1. The molecule has 0 bridgehead atoms. The number of hydrogen-bond donors (Lipinski definition) is 8. The first-order chi connectivity index (χ1) is 18.6. The quantitative estimate of drug-likeness (QED) is 0.0908. The van der Waals surface area contributed by atoms with Gasteiger partial charge in [-0.25, -0.2) is 4.79 Å². The summed E-state index contributed by atoms with van der Waals surface area (Å²) in [7, 11) is 0. The third-order valence-electron chi connectivity index (χ3n) is 6.01. The Morgan fingerprint density at radius 3 is 1.48 bits per heavy atom. The van der Waals surface area contributed by atoms with E-state index in [1.54, 1.807) is 13.8 Å². The summed E-state index contributed by atoms with van der Waals surface area (Å²) in [4.78, 5) is 95.5. The van der Waals surface area contributed by atoms with Crippen LogP contribution < -0.4 is 21.3 Å². The van der Waals surface area contributed by atoms with Crippen molar-refractivity contribution in [2.45, 2.75) is 95.3 Å². The molecule has 40 heavy (non-hydrogen) atoms. The molecule has 0 aromatic heterocycles. The van der Waals surface area contributed by atoms with Gasteiger partial charge in [0.05, 0.1) is 6.42 Å². The molecule has 0 aromatic carbocycles. The van der Waals surface area contributed by atoms with E-state index in [2.05, 4.69) is 21.3 Å². The van der Waals surface area contributed by atoms with E-state index in [1.165, 1.54) is 0 Å². The molecule has 8 N–H and O–H groups in total. The monoisotopic (exact) mass is 572 g/mol. The van der Waals surface area contributed by atoms with Gasteiger partial charge in [-0.15, -0.1) is 0 Å². The van der Waals surface area contributed by atoms with Crippen LogP contribution in [0.15, 0.2) is 0 Å². The van der Waals surface area contributed by atoms with Crippen LogP contribution in [-0.2, 0) is 38.4 Å². The standard InChI is InChI=1S/C24H36N4O12/c1-12(2)11-15(25-16(29)5-8-19(34)35)21(37)26-13(3-6-17(30)31)20(36)27-14(4-7-18(32)33)22(38)28-24(9-10-24)23(39)40/h12-15H,3-11H2,1-2H3,(H,25,29)(H,26,37)(H,27,36)(H,28,38)(H,30,31)(H,32,33)(H,34,35)(H,39,40)/t13-,14-,15-/m0/s1. The van der Waals surface area contributed by atoms with Crippen molar-refractivity contribution < 1.29 is 58.8 Å². The molecule has 16 nitrogen and oxygen atoms in total. The lowest BCUT2D eigenvalue weighted by molar-refractivity contribution is -0.144. The number of carbonyl (C=O) groups excluding carboxylic acids is 4. The van der Waals surface area contributed by atoms with Crippen LogP contribution in [0.25, 0.3) is 0 Å². The molecule has 1 aliphatic carbocycles. The van der Waals surface area contributed by atoms with Crippen LogP contribution in [0.1, 0.15) is 71.6 Å². The molecule has 16 heteroatoms. The van der Waals surface area contributed by atoms with Gasteiger partial charge in [-0.3, -0.25) is 33.6 Å². The molecule has 0 spiro atoms. The highest BCUT2D eigenvalue weighted by molar-refractivity contribution is 5.96. The van der Waals surface area contributed by atoms with Gasteiger partial charge >= 0.3 is 23.9 Å². The first kappa shape index (κ1) is 33.8. The number of carboxylic acids is 4. The molecule has 1 fully saturated rings. The minimum atomic E-state index is -1.52. The van der Waals surface area contributed by atoms with Crippen molar-refractivity contribution in [3.8, 4) is 0 Å². The fourth-order valence-electron chi connectivity index (χ4n) is 3.65. The van der Waals surface area contributed by atoms with E-state index < -0.39 is 110 Å². The molecule has 224 valence electrons. The predicted octanol–water partition coefficient (Wildman–Crippen LogP) is -1.19. The van der Waals surface area contributed by atoms with E-state index in [-0.39, 0.29) is 25.2 Å². The zero-order valence-electron chi connectivity index (χ0n) is 22.2. The minimum Gasteiger partial charge on any atom is -0.481 e. The first-order valence-corrected chi connectivity index (χ1v) is 12.7. The van der Waals surface area contributed by atoms with Crippen LogP contribution in [0.4, 0.5) is 0 Å². The highest BCUT2D eigenvalue weighted by Crippen LogP contribution is 2.35. The largest absolute Gasteiger partial charge is 0.481 e. The Labute approximate surface area is 229 Å². The van der Waals surface area contributed by atoms with E-state index in [1.807, 2.05) is 0 Å². The molecular weight excluding hydrogens is 536 g/mol. The number of nitrogens with one attached hydrogen (secondary N) is 4. The SMILES string of the molecule is CC(C)C[C@H](NC(=O)CCC(=O)O)C(=O)N[C@@H](CCC(=O)O)C(=O)N[C@@H](CCC(=O)O)C(=O)NC1(C(=O)O)CC1. The lowest BCUT2D eigenvalue weighted by Gasteiger charge is -2.26. The van der Waals surface area contributed by atoms with Crippen LogP contribution >= 0.6 is 0 Å². The number of hydrogen-bond acceptors (Lipinski definition) is 8. The molecule has 3 atom stereocenters. The summed E-state index contributed by atoms with van der Waals surface area (Å²) in [5.41, 5.74) is -1.52. The van der Waals surface area contributed by atoms with Gasteiger partial charge < -0.3 is 41.7 Å². The van der Waals surface area contributed by atoms with Crippen LogP contribution in [0.3, 0.4) is 0 Å². The second-order valence-electron chi connectivity index (χ2n) is 10.0. The normalized spacial score (nSPS) is 15.6. The Morgan fingerprint density at radius 2 is 1.07 bits per heavy atom. The molecule has 1 aliphatic rings. The van der Waals surface area contributed by atoms with Crippen molar-refractivity contribution in [1.82, 2.24) is 21.3 Å². The van der Waals surface area contributed by atoms with Crippen molar-refractivity contribution in [2.75, 3.05) is 0 Å². The van der Waals surface area contributed by atoms with Gasteiger partial charge in [-0.1, -0.05) is 13.8 Å². The lowest BCUT2D eigenvalue weighted by atomic mass is 10.0. The van der Waals surface area contributed by atoms with Gasteiger partial charge in [0.15, 0.2) is 0 Å². The smallest absolute Gasteiger partial charge is 0.329 e. The summed E-state index contributed by atoms with van der Waals surface area (Å²) in [6, 6.07) is -4.23. The highest BCUT2D eigenvalue weighted by atomic mass is 16.4. The third-order valence-corrected chi connectivity index (χ3v) is 6.01. The Hall–Kier alpha value is -4.24. The van der Waals surface area contributed by atoms with Gasteiger partial charge in [0.25, 0.3) is 0 Å². The Bertz CT molecular complexity index is 1010. The van der Waals surface area contributed by atoms with Crippen LogP contribution in [0.5, 0.6) is 0 Å². The fraction of sp³-hybridized carbons (Fsp3) is 0.667. The second-order valence-corrected chi connectivity index (χ2v) is 10.0. The van der Waals surface area contributed by atoms with Crippen molar-refractivity contribution in [3.05, 3.63) is 0 Å². The van der Waals surface area contributed by atoms with Crippen LogP contribution in [0, 0.1) is 5.92 Å². The molecule has 0 heterocycles. The molecule has 0 aliphatic heterocycles. The molecule has 4 amide bonds. The molecule has 0 radical (unpaired) electrons. The minimum absolute atomic E-state index is 0.0961. The average molecular weight is 573 g/mol. The molecular formula is C24H36N4O12. The predicted molar refractivity (Wildman–Crippen MR) is 134 cm³/mol. The van der Waals surface area contributed by atoms with Gasteiger partial charge in [0.2, 0.25) is 23.6 Å². The summed E-state index contributed by atoms with van der Waals surface area (Å²) in [5, 5.41) is 45.5. The fourth-order valence-corrected chi connectivity index (χ4v) is 3.65. The summed E-state index contributed by atoms with van der Waals surface area (Å²) < 4.78 is 0. The van der Waals surface area contributed by atoms with Crippen molar-refractivity contribution >= 4 is 47.5 Å². The first-order valence-electron chi connectivity index (χ1n) is 12.7. The molecule has 0 saturated heterocycles. The summed E-state index contributed by atoms with van der Waals surface area (Å²) in [6.45, 7) is 3.49. The van der Waals surface area contributed by atoms with E-state index in [0.717, 1.165) is 0 Å². The number of amides is 4. The molecule has 1 saturated carbocycles. The van der Waals surface area contributed by atoms with Crippen molar-refractivity contribution in [3.63, 3.8) is 0 Å². The van der Waals surface area contributed by atoms with Gasteiger partial charge in [-0.05, 0) is 38.0 Å². The number of carbonyl (C=O) groups is 8. The van der Waals surface area contributed by atoms with E-state index in [4.69, 9.17) is 15.3 Å². The maximum atomic E-state index is 13.1. The molecule has 0 unspecified atom stereocenters.